The molecule has 0 aliphatic carbocycles. The van der Waals surface area contributed by atoms with Gasteiger partial charge in [-0.1, -0.05) is 127 Å². The van der Waals surface area contributed by atoms with E-state index in [0.717, 1.165) is 70.2 Å². The van der Waals surface area contributed by atoms with E-state index in [1.807, 2.05) is 60.7 Å². The van der Waals surface area contributed by atoms with Crippen molar-refractivity contribution < 1.29 is 4.42 Å². The Balaban J connectivity index is 1.15. The van der Waals surface area contributed by atoms with Gasteiger partial charge >= 0.3 is 0 Å². The third-order valence-corrected chi connectivity index (χ3v) is 12.0. The summed E-state index contributed by atoms with van der Waals surface area (Å²) in [6.07, 6.45) is 0. The van der Waals surface area contributed by atoms with Crippen LogP contribution >= 0.6 is 22.7 Å². The molecule has 0 radical (unpaired) electrons. The summed E-state index contributed by atoms with van der Waals surface area (Å²) in [6, 6.07) is 54.4. The number of furan rings is 1. The number of hydrogen-bond donors (Lipinski definition) is 0. The number of hydrogen-bond acceptors (Lipinski definition) is 7. The molecular formula is C46H26N4OS2. The van der Waals surface area contributed by atoms with Gasteiger partial charge in [-0.2, -0.15) is 0 Å². The summed E-state index contributed by atoms with van der Waals surface area (Å²) in [5.41, 5.74) is 8.67. The van der Waals surface area contributed by atoms with Crippen LogP contribution in [0.4, 0.5) is 0 Å². The molecule has 4 heterocycles. The van der Waals surface area contributed by atoms with Crippen molar-refractivity contribution in [2.45, 2.75) is 0 Å². The van der Waals surface area contributed by atoms with E-state index in [9.17, 15) is 0 Å². The molecule has 0 fully saturated rings. The zero-order valence-corrected chi connectivity index (χ0v) is 29.7. The molecule has 5 nitrogen and oxygen atoms in total. The highest BCUT2D eigenvalue weighted by atomic mass is 32.1. The molecule has 11 aromatic rings. The molecule has 0 aliphatic rings. The fourth-order valence-electron chi connectivity index (χ4n) is 7.25. The maximum atomic E-state index is 6.30. The van der Waals surface area contributed by atoms with Crippen LogP contribution in [0.1, 0.15) is 0 Å². The first-order valence-electron chi connectivity index (χ1n) is 17.4. The SMILES string of the molecule is c1ccc(-c2ccc(-c3nc4c(-c5nc(-c6ccccc6)nc(-c6ccc7c(c6)oc6ccccc67)n5)c5c(cc4s3)sc3ccccc35)cc2)cc1. The normalized spacial score (nSPS) is 11.8. The van der Waals surface area contributed by atoms with Gasteiger partial charge in [0.1, 0.15) is 16.2 Å². The summed E-state index contributed by atoms with van der Waals surface area (Å²) < 4.78 is 9.78. The largest absolute Gasteiger partial charge is 0.456 e. The molecule has 7 heteroatoms. The van der Waals surface area contributed by atoms with E-state index >= 15 is 0 Å². The number of para-hydroxylation sites is 1. The molecular weight excluding hydrogens is 689 g/mol. The quantitative estimate of drug-likeness (QED) is 0.178. The van der Waals surface area contributed by atoms with Gasteiger partial charge < -0.3 is 4.42 Å². The Morgan fingerprint density at radius 1 is 0.377 bits per heavy atom. The van der Waals surface area contributed by atoms with Gasteiger partial charge in [-0.15, -0.1) is 22.7 Å². The van der Waals surface area contributed by atoms with E-state index in [2.05, 4.69) is 97.1 Å². The smallest absolute Gasteiger partial charge is 0.167 e. The molecule has 0 unspecified atom stereocenters. The zero-order chi connectivity index (χ0) is 34.9. The molecule has 4 aromatic heterocycles. The molecule has 11 rings (SSSR count). The van der Waals surface area contributed by atoms with Gasteiger partial charge in [-0.05, 0) is 41.5 Å². The highest BCUT2D eigenvalue weighted by Crippen LogP contribution is 2.46. The van der Waals surface area contributed by atoms with Crippen molar-refractivity contribution in [3.8, 4) is 55.9 Å². The van der Waals surface area contributed by atoms with Gasteiger partial charge in [0.05, 0.1) is 15.8 Å². The van der Waals surface area contributed by atoms with Crippen LogP contribution in [0.5, 0.6) is 0 Å². The Morgan fingerprint density at radius 3 is 1.79 bits per heavy atom. The van der Waals surface area contributed by atoms with Gasteiger partial charge in [-0.25, -0.2) is 19.9 Å². The van der Waals surface area contributed by atoms with E-state index in [0.29, 0.717) is 17.5 Å². The van der Waals surface area contributed by atoms with Crippen LogP contribution in [0, 0.1) is 0 Å². The van der Waals surface area contributed by atoms with Gasteiger partial charge in [-0.3, -0.25) is 0 Å². The number of fused-ring (bicyclic) bond motifs is 7. The van der Waals surface area contributed by atoms with Crippen LogP contribution in [-0.2, 0) is 0 Å². The van der Waals surface area contributed by atoms with Crippen molar-refractivity contribution in [3.63, 3.8) is 0 Å². The Morgan fingerprint density at radius 2 is 0.981 bits per heavy atom. The Labute approximate surface area is 311 Å². The number of benzene rings is 7. The second-order valence-electron chi connectivity index (χ2n) is 13.0. The van der Waals surface area contributed by atoms with Gasteiger partial charge in [0.15, 0.2) is 17.5 Å². The van der Waals surface area contributed by atoms with E-state index in [-0.39, 0.29) is 0 Å². The summed E-state index contributed by atoms with van der Waals surface area (Å²) in [5.74, 6) is 1.77. The second-order valence-corrected chi connectivity index (χ2v) is 15.1. The lowest BCUT2D eigenvalue weighted by Gasteiger charge is -2.10. The molecule has 248 valence electrons. The fourth-order valence-corrected chi connectivity index (χ4v) is 9.49. The number of aromatic nitrogens is 4. The molecule has 0 N–H and O–H groups in total. The van der Waals surface area contributed by atoms with Gasteiger partial charge in [0, 0.05) is 47.6 Å². The van der Waals surface area contributed by atoms with Crippen molar-refractivity contribution in [1.82, 2.24) is 19.9 Å². The zero-order valence-electron chi connectivity index (χ0n) is 28.0. The van der Waals surface area contributed by atoms with E-state index in [1.165, 1.54) is 20.5 Å². The van der Waals surface area contributed by atoms with E-state index < -0.39 is 0 Å². The Kier molecular flexibility index (Phi) is 6.83. The second kappa shape index (κ2) is 12.0. The third kappa shape index (κ3) is 5.04. The first kappa shape index (κ1) is 30.1. The topological polar surface area (TPSA) is 64.7 Å². The Bertz CT molecular complexity index is 3160. The van der Waals surface area contributed by atoms with E-state index in [4.69, 9.17) is 24.4 Å². The first-order chi connectivity index (χ1) is 26.2. The van der Waals surface area contributed by atoms with E-state index in [1.54, 1.807) is 22.7 Å². The summed E-state index contributed by atoms with van der Waals surface area (Å²) in [5, 5.41) is 5.37. The first-order valence-corrected chi connectivity index (χ1v) is 19.0. The van der Waals surface area contributed by atoms with Crippen LogP contribution in [-0.4, -0.2) is 19.9 Å². The molecule has 7 aromatic carbocycles. The molecule has 0 spiro atoms. The van der Waals surface area contributed by atoms with Crippen LogP contribution in [0.2, 0.25) is 0 Å². The van der Waals surface area contributed by atoms with Crippen molar-refractivity contribution in [2.24, 2.45) is 0 Å². The number of nitrogens with zero attached hydrogens (tertiary/aromatic N) is 4. The lowest BCUT2D eigenvalue weighted by molar-refractivity contribution is 0.669. The minimum absolute atomic E-state index is 0.577. The summed E-state index contributed by atoms with van der Waals surface area (Å²) in [7, 11) is 0. The molecule has 0 aliphatic heterocycles. The van der Waals surface area contributed by atoms with Gasteiger partial charge in [0.2, 0.25) is 0 Å². The lowest BCUT2D eigenvalue weighted by Crippen LogP contribution is -2.01. The molecule has 0 saturated heterocycles. The maximum Gasteiger partial charge on any atom is 0.167 e. The summed E-state index contributed by atoms with van der Waals surface area (Å²) in [6.45, 7) is 0. The molecule has 0 atom stereocenters. The highest BCUT2D eigenvalue weighted by Gasteiger charge is 2.23. The lowest BCUT2D eigenvalue weighted by atomic mass is 10.0. The van der Waals surface area contributed by atoms with Crippen LogP contribution in [0.25, 0.3) is 108 Å². The number of rotatable bonds is 5. The molecule has 53 heavy (non-hydrogen) atoms. The predicted octanol–water partition coefficient (Wildman–Crippen LogP) is 13.1. The monoisotopic (exact) mass is 714 g/mol. The summed E-state index contributed by atoms with van der Waals surface area (Å²) >= 11 is 3.49. The van der Waals surface area contributed by atoms with Crippen LogP contribution in [0.3, 0.4) is 0 Å². The predicted molar refractivity (Wildman–Crippen MR) is 220 cm³/mol. The molecule has 0 bridgehead atoms. The Hall–Kier alpha value is -6.54. The molecule has 0 amide bonds. The minimum Gasteiger partial charge on any atom is -0.456 e. The fraction of sp³-hybridized carbons (Fsp3) is 0. The summed E-state index contributed by atoms with van der Waals surface area (Å²) in [4.78, 5) is 21.0. The standard InChI is InChI=1S/C46H26N4OS2/c1-3-11-27(12-4-1)28-19-21-30(22-20-28)46-47-42-39(53-46)26-38-40(34-16-8-10-18-37(34)52-38)41(42)45-49-43(29-13-5-2-6-14-29)48-44(50-45)31-23-24-33-32-15-7-9-17-35(32)51-36(33)25-31/h1-26H. The van der Waals surface area contributed by atoms with Crippen molar-refractivity contribution >= 4 is 75.0 Å². The average molecular weight is 715 g/mol. The van der Waals surface area contributed by atoms with Crippen LogP contribution in [0.15, 0.2) is 162 Å². The minimum atomic E-state index is 0.577. The maximum absolute atomic E-state index is 6.30. The van der Waals surface area contributed by atoms with Crippen molar-refractivity contribution in [2.75, 3.05) is 0 Å². The highest BCUT2D eigenvalue weighted by molar-refractivity contribution is 7.27. The molecule has 0 saturated carbocycles. The van der Waals surface area contributed by atoms with Crippen molar-refractivity contribution in [3.05, 3.63) is 158 Å². The average Bonchev–Trinajstić information content (AvgIpc) is 3.93. The number of thiophene rings is 1. The van der Waals surface area contributed by atoms with Gasteiger partial charge in [0.25, 0.3) is 0 Å². The number of thiazole rings is 1. The van der Waals surface area contributed by atoms with Crippen molar-refractivity contribution in [1.29, 1.82) is 0 Å². The third-order valence-electron chi connectivity index (χ3n) is 9.79. The van der Waals surface area contributed by atoms with Crippen LogP contribution < -0.4 is 0 Å².